The number of hydrogen-bond donors (Lipinski definition) is 0. The Morgan fingerprint density at radius 3 is 1.93 bits per heavy atom. The van der Waals surface area contributed by atoms with Crippen LogP contribution in [0.4, 0.5) is 0 Å². The average Bonchev–Trinajstić information content (AvgIpc) is 2.55. The molecule has 0 spiro atoms. The molecule has 0 aliphatic carbocycles. The zero-order chi connectivity index (χ0) is 10.3. The normalized spacial score (nSPS) is 10.9. The van der Waals surface area contributed by atoms with Crippen LogP contribution in [-0.4, -0.2) is 0 Å². The SMILES string of the molecule is Clc1cc(Br)c(-c2sc(Br)cc2Br)s1. The third-order valence-corrected chi connectivity index (χ3v) is 6.36. The van der Waals surface area contributed by atoms with Crippen LogP contribution in [0.5, 0.6) is 0 Å². The van der Waals surface area contributed by atoms with E-state index in [0.29, 0.717) is 0 Å². The molecular formula is C8H2Br3ClS2. The lowest BCUT2D eigenvalue weighted by molar-refractivity contribution is 1.80. The molecule has 2 aromatic rings. The van der Waals surface area contributed by atoms with Crippen LogP contribution >= 0.6 is 82.1 Å². The molecule has 0 aliphatic heterocycles. The second kappa shape index (κ2) is 4.55. The molecule has 0 bridgehead atoms. The number of halogens is 4. The predicted molar refractivity (Wildman–Crippen MR) is 75.7 cm³/mol. The summed E-state index contributed by atoms with van der Waals surface area (Å²) in [6, 6.07) is 3.96. The fourth-order valence-corrected chi connectivity index (χ4v) is 6.10. The van der Waals surface area contributed by atoms with Crippen molar-refractivity contribution >= 4 is 82.1 Å². The van der Waals surface area contributed by atoms with E-state index in [1.54, 1.807) is 22.7 Å². The first-order valence-electron chi connectivity index (χ1n) is 3.48. The summed E-state index contributed by atoms with van der Waals surface area (Å²) in [5.74, 6) is 0. The lowest BCUT2D eigenvalue weighted by atomic mass is 10.4. The maximum atomic E-state index is 5.94. The molecule has 0 N–H and O–H groups in total. The molecule has 14 heavy (non-hydrogen) atoms. The molecule has 0 amide bonds. The highest BCUT2D eigenvalue weighted by atomic mass is 79.9. The first kappa shape index (κ1) is 11.6. The summed E-state index contributed by atoms with van der Waals surface area (Å²) in [6.07, 6.45) is 0. The first-order valence-corrected chi connectivity index (χ1v) is 7.87. The van der Waals surface area contributed by atoms with Crippen molar-refractivity contribution in [2.45, 2.75) is 0 Å². The van der Waals surface area contributed by atoms with E-state index in [2.05, 4.69) is 47.8 Å². The lowest BCUT2D eigenvalue weighted by Crippen LogP contribution is -1.64. The Morgan fingerprint density at radius 2 is 1.50 bits per heavy atom. The maximum absolute atomic E-state index is 5.94. The molecule has 0 saturated carbocycles. The fraction of sp³-hybridized carbons (Fsp3) is 0. The van der Waals surface area contributed by atoms with Crippen molar-refractivity contribution in [3.8, 4) is 9.75 Å². The molecule has 2 rings (SSSR count). The van der Waals surface area contributed by atoms with Gasteiger partial charge in [0.25, 0.3) is 0 Å². The van der Waals surface area contributed by atoms with Gasteiger partial charge in [0.15, 0.2) is 0 Å². The lowest BCUT2D eigenvalue weighted by Gasteiger charge is -1.93. The molecule has 0 unspecified atom stereocenters. The van der Waals surface area contributed by atoms with Gasteiger partial charge in [-0.1, -0.05) is 11.6 Å². The van der Waals surface area contributed by atoms with Gasteiger partial charge in [-0.05, 0) is 59.9 Å². The number of hydrogen-bond acceptors (Lipinski definition) is 2. The van der Waals surface area contributed by atoms with Gasteiger partial charge >= 0.3 is 0 Å². The Hall–Kier alpha value is 1.13. The topological polar surface area (TPSA) is 0 Å². The maximum Gasteiger partial charge on any atom is 0.0946 e. The van der Waals surface area contributed by atoms with Gasteiger partial charge in [0, 0.05) is 8.95 Å². The molecular weight excluding hydrogens is 435 g/mol. The second-order valence-corrected chi connectivity index (χ2v) is 8.28. The van der Waals surface area contributed by atoms with Crippen LogP contribution in [0, 0.1) is 0 Å². The van der Waals surface area contributed by atoms with E-state index in [1.807, 2.05) is 12.1 Å². The summed E-state index contributed by atoms with van der Waals surface area (Å²) in [7, 11) is 0. The van der Waals surface area contributed by atoms with Gasteiger partial charge in [0.1, 0.15) is 0 Å². The zero-order valence-electron chi connectivity index (χ0n) is 6.48. The van der Waals surface area contributed by atoms with Gasteiger partial charge in [-0.15, -0.1) is 22.7 Å². The van der Waals surface area contributed by atoms with Gasteiger partial charge in [0.05, 0.1) is 17.9 Å². The Bertz CT molecular complexity index is 431. The standard InChI is InChI=1S/C8H2Br3ClS2/c9-3-1-5(11)13-7(3)8-4(10)2-6(12)14-8/h1-2H. The van der Waals surface area contributed by atoms with Crippen molar-refractivity contribution in [3.05, 3.63) is 29.2 Å². The minimum Gasteiger partial charge on any atom is -0.126 e. The number of thiophene rings is 2. The van der Waals surface area contributed by atoms with Crippen LogP contribution in [0.3, 0.4) is 0 Å². The molecule has 74 valence electrons. The predicted octanol–water partition coefficient (Wildman–Crippen LogP) is 6.42. The third-order valence-electron chi connectivity index (χ3n) is 1.52. The molecule has 2 heterocycles. The van der Waals surface area contributed by atoms with E-state index in [4.69, 9.17) is 11.6 Å². The first-order chi connectivity index (χ1) is 6.58. The molecule has 0 radical (unpaired) electrons. The van der Waals surface area contributed by atoms with Gasteiger partial charge in [-0.2, -0.15) is 0 Å². The van der Waals surface area contributed by atoms with Crippen LogP contribution < -0.4 is 0 Å². The van der Waals surface area contributed by atoms with E-state index in [1.165, 1.54) is 4.88 Å². The van der Waals surface area contributed by atoms with Crippen molar-refractivity contribution in [3.63, 3.8) is 0 Å². The second-order valence-electron chi connectivity index (χ2n) is 2.46. The zero-order valence-corrected chi connectivity index (χ0v) is 13.6. The van der Waals surface area contributed by atoms with E-state index in [9.17, 15) is 0 Å². The molecule has 2 aromatic heterocycles. The Kier molecular flexibility index (Phi) is 3.78. The fourth-order valence-electron chi connectivity index (χ4n) is 0.991. The van der Waals surface area contributed by atoms with E-state index in [0.717, 1.165) is 21.9 Å². The average molecular weight is 437 g/mol. The molecule has 6 heteroatoms. The van der Waals surface area contributed by atoms with Crippen molar-refractivity contribution < 1.29 is 0 Å². The van der Waals surface area contributed by atoms with E-state index >= 15 is 0 Å². The highest BCUT2D eigenvalue weighted by molar-refractivity contribution is 9.11. The Labute approximate surface area is 120 Å². The summed E-state index contributed by atoms with van der Waals surface area (Å²) >= 11 is 19.7. The van der Waals surface area contributed by atoms with Crippen LogP contribution in [0.25, 0.3) is 9.75 Å². The summed E-state index contributed by atoms with van der Waals surface area (Å²) in [4.78, 5) is 2.36. The third kappa shape index (κ3) is 2.28. The molecule has 0 aromatic carbocycles. The summed E-state index contributed by atoms with van der Waals surface area (Å²) in [6.45, 7) is 0. The van der Waals surface area contributed by atoms with Crippen LogP contribution in [0.2, 0.25) is 4.34 Å². The van der Waals surface area contributed by atoms with Crippen LogP contribution in [0.1, 0.15) is 0 Å². The van der Waals surface area contributed by atoms with Crippen LogP contribution in [0.15, 0.2) is 24.9 Å². The summed E-state index contributed by atoms with van der Waals surface area (Å²) in [5.41, 5.74) is 0. The van der Waals surface area contributed by atoms with Gasteiger partial charge in [-0.3, -0.25) is 0 Å². The Morgan fingerprint density at radius 1 is 0.929 bits per heavy atom. The molecule has 0 nitrogen and oxygen atoms in total. The van der Waals surface area contributed by atoms with Crippen molar-refractivity contribution in [1.82, 2.24) is 0 Å². The van der Waals surface area contributed by atoms with E-state index in [-0.39, 0.29) is 0 Å². The smallest absolute Gasteiger partial charge is 0.0946 e. The minimum atomic E-state index is 0.795. The number of rotatable bonds is 1. The van der Waals surface area contributed by atoms with Gasteiger partial charge in [-0.25, -0.2) is 0 Å². The molecule has 0 atom stereocenters. The molecule has 0 fully saturated rings. The monoisotopic (exact) mass is 434 g/mol. The molecule has 0 saturated heterocycles. The highest BCUT2D eigenvalue weighted by Crippen LogP contribution is 2.46. The minimum absolute atomic E-state index is 0.795. The summed E-state index contributed by atoms with van der Waals surface area (Å²) < 4.78 is 4.04. The largest absolute Gasteiger partial charge is 0.126 e. The molecule has 0 aliphatic rings. The highest BCUT2D eigenvalue weighted by Gasteiger charge is 2.14. The quantitative estimate of drug-likeness (QED) is 0.483. The van der Waals surface area contributed by atoms with Crippen molar-refractivity contribution in [2.75, 3.05) is 0 Å². The van der Waals surface area contributed by atoms with Gasteiger partial charge < -0.3 is 0 Å². The Balaban J connectivity index is 2.59. The van der Waals surface area contributed by atoms with E-state index < -0.39 is 0 Å². The van der Waals surface area contributed by atoms with Gasteiger partial charge in [0.2, 0.25) is 0 Å². The summed E-state index contributed by atoms with van der Waals surface area (Å²) in [5, 5.41) is 0. The van der Waals surface area contributed by atoms with Crippen molar-refractivity contribution in [1.29, 1.82) is 0 Å². The van der Waals surface area contributed by atoms with Crippen LogP contribution in [-0.2, 0) is 0 Å². The van der Waals surface area contributed by atoms with Crippen molar-refractivity contribution in [2.24, 2.45) is 0 Å².